The third kappa shape index (κ3) is 4.08. The van der Waals surface area contributed by atoms with E-state index in [9.17, 15) is 19.1 Å². The zero-order valence-electron chi connectivity index (χ0n) is 18.3. The Hall–Kier alpha value is -1.90. The van der Waals surface area contributed by atoms with Crippen LogP contribution in [0.3, 0.4) is 0 Å². The highest BCUT2D eigenvalue weighted by atomic mass is 19.1. The summed E-state index contributed by atoms with van der Waals surface area (Å²) < 4.78 is 27.5. The Balaban J connectivity index is 1.31. The number of hydrogen-bond acceptors (Lipinski definition) is 4. The van der Waals surface area contributed by atoms with E-state index >= 15 is 0 Å². The van der Waals surface area contributed by atoms with Crippen molar-refractivity contribution in [1.29, 1.82) is 0 Å². The highest BCUT2D eigenvalue weighted by Gasteiger charge is 2.48. The molecule has 1 aliphatic carbocycles. The van der Waals surface area contributed by atoms with Gasteiger partial charge in [0, 0.05) is 12.5 Å². The normalized spacial score (nSPS) is 31.2. The average Bonchev–Trinajstić information content (AvgIpc) is 3.36. The summed E-state index contributed by atoms with van der Waals surface area (Å²) in [5, 5.41) is 27.6. The van der Waals surface area contributed by atoms with E-state index in [1.807, 2.05) is 0 Å². The Labute approximate surface area is 187 Å². The first-order valence-corrected chi connectivity index (χ1v) is 11.6. The molecule has 2 saturated heterocycles. The average molecular weight is 444 g/mol. The molecule has 2 N–H and O–H groups in total. The van der Waals surface area contributed by atoms with Crippen molar-refractivity contribution >= 4 is 0 Å². The number of halogens is 2. The zero-order chi connectivity index (χ0) is 22.3. The molecule has 2 heterocycles. The first kappa shape index (κ1) is 21.9. The molecule has 3 atom stereocenters. The second-order valence-corrected chi connectivity index (χ2v) is 9.74. The van der Waals surface area contributed by atoms with E-state index in [2.05, 4.69) is 10.2 Å². The predicted molar refractivity (Wildman–Crippen MR) is 119 cm³/mol. The number of hydroxylamine groups is 3. The maximum absolute atomic E-state index is 14.2. The molecule has 172 valence electrons. The fourth-order valence-corrected chi connectivity index (χ4v) is 5.91. The number of nitrogens with one attached hydrogen (secondary N) is 1. The van der Waals surface area contributed by atoms with Crippen LogP contribution in [-0.4, -0.2) is 60.6 Å². The van der Waals surface area contributed by atoms with Gasteiger partial charge in [-0.2, -0.15) is 0 Å². The molecule has 0 radical (unpaired) electrons. The predicted octanol–water partition coefficient (Wildman–Crippen LogP) is 3.28. The topological polar surface area (TPSA) is 58.6 Å². The van der Waals surface area contributed by atoms with Gasteiger partial charge in [0.05, 0.1) is 25.2 Å². The Kier molecular flexibility index (Phi) is 5.80. The van der Waals surface area contributed by atoms with Crippen LogP contribution < -0.4 is 5.32 Å². The summed E-state index contributed by atoms with van der Waals surface area (Å²) in [5.41, 5.74) is 1.45. The summed E-state index contributed by atoms with van der Waals surface area (Å²) in [6.07, 6.45) is 2.09. The van der Waals surface area contributed by atoms with Gasteiger partial charge < -0.3 is 15.0 Å². The van der Waals surface area contributed by atoms with E-state index in [-0.39, 0.29) is 28.1 Å². The quantitative estimate of drug-likeness (QED) is 0.550. The molecular weight excluding hydrogens is 412 g/mol. The highest BCUT2D eigenvalue weighted by Crippen LogP contribution is 2.53. The molecule has 2 aromatic rings. The second kappa shape index (κ2) is 8.47. The molecule has 2 fully saturated rings. The van der Waals surface area contributed by atoms with Crippen molar-refractivity contribution in [2.45, 2.75) is 30.8 Å². The Bertz CT molecular complexity index is 956. The lowest BCUT2D eigenvalue weighted by Crippen LogP contribution is -2.49. The number of nitrogens with zero attached hydrogens (tertiary/aromatic N) is 2. The van der Waals surface area contributed by atoms with Gasteiger partial charge in [0.2, 0.25) is 0 Å². The van der Waals surface area contributed by atoms with E-state index in [0.717, 1.165) is 50.1 Å². The molecule has 2 aliphatic heterocycles. The van der Waals surface area contributed by atoms with Crippen LogP contribution in [0.5, 0.6) is 0 Å². The summed E-state index contributed by atoms with van der Waals surface area (Å²) in [6.45, 7) is 4.90. The van der Waals surface area contributed by atoms with Crippen LogP contribution in [0.15, 0.2) is 42.5 Å². The fraction of sp³-hybridized carbons (Fsp3) is 0.520. The lowest BCUT2D eigenvalue weighted by molar-refractivity contribution is -0.868. The van der Waals surface area contributed by atoms with Gasteiger partial charge in [-0.3, -0.25) is 10.2 Å². The molecule has 0 saturated carbocycles. The molecule has 3 aliphatic rings. The van der Waals surface area contributed by atoms with Gasteiger partial charge >= 0.3 is 0 Å². The van der Waals surface area contributed by atoms with E-state index < -0.39 is 5.60 Å². The molecule has 32 heavy (non-hydrogen) atoms. The van der Waals surface area contributed by atoms with Gasteiger partial charge in [-0.05, 0) is 79.2 Å². The molecule has 0 spiro atoms. The Morgan fingerprint density at radius 2 is 1.81 bits per heavy atom. The summed E-state index contributed by atoms with van der Waals surface area (Å²) >= 11 is 0. The van der Waals surface area contributed by atoms with E-state index in [0.29, 0.717) is 31.7 Å². The zero-order valence-corrected chi connectivity index (χ0v) is 18.3. The first-order valence-electron chi connectivity index (χ1n) is 11.6. The van der Waals surface area contributed by atoms with Crippen molar-refractivity contribution in [2.24, 2.45) is 5.92 Å². The maximum atomic E-state index is 14.2. The summed E-state index contributed by atoms with van der Waals surface area (Å²) in [6, 6.07) is 11.1. The van der Waals surface area contributed by atoms with Crippen molar-refractivity contribution in [3.05, 3.63) is 76.0 Å². The summed E-state index contributed by atoms with van der Waals surface area (Å²) in [4.78, 5) is 2.31. The van der Waals surface area contributed by atoms with Crippen LogP contribution in [0.25, 0.3) is 0 Å². The van der Waals surface area contributed by atoms with Crippen LogP contribution >= 0.6 is 0 Å². The molecule has 5 nitrogen and oxygen atoms in total. The number of fused-ring (bicyclic) bond motifs is 1. The second-order valence-electron chi connectivity index (χ2n) is 9.74. The molecule has 7 heteroatoms. The molecule has 0 amide bonds. The lowest BCUT2D eigenvalue weighted by Gasteiger charge is -2.43. The van der Waals surface area contributed by atoms with Crippen molar-refractivity contribution in [3.63, 3.8) is 0 Å². The Morgan fingerprint density at radius 3 is 2.50 bits per heavy atom. The molecular formula is C25H31F2N3O2. The van der Waals surface area contributed by atoms with Crippen molar-refractivity contribution in [1.82, 2.24) is 10.2 Å². The fourth-order valence-electron chi connectivity index (χ4n) is 5.91. The van der Waals surface area contributed by atoms with Crippen molar-refractivity contribution < 1.29 is 18.5 Å². The maximum Gasteiger partial charge on any atom is 0.132 e. The largest absolute Gasteiger partial charge is 0.632 e. The highest BCUT2D eigenvalue weighted by molar-refractivity contribution is 5.47. The van der Waals surface area contributed by atoms with Gasteiger partial charge in [0.25, 0.3) is 0 Å². The summed E-state index contributed by atoms with van der Waals surface area (Å²) in [7, 11) is 0. The molecule has 0 bridgehead atoms. The summed E-state index contributed by atoms with van der Waals surface area (Å²) in [5.74, 6) is -0.695. The van der Waals surface area contributed by atoms with E-state index in [1.54, 1.807) is 18.2 Å². The minimum absolute atomic E-state index is 0.0218. The van der Waals surface area contributed by atoms with Crippen LogP contribution in [0, 0.1) is 22.8 Å². The van der Waals surface area contributed by atoms with E-state index in [1.165, 1.54) is 24.3 Å². The van der Waals surface area contributed by atoms with Crippen molar-refractivity contribution in [2.75, 3.05) is 45.9 Å². The number of rotatable bonds is 5. The first-order chi connectivity index (χ1) is 15.4. The number of hydrogen-bond donors (Lipinski definition) is 2. The monoisotopic (exact) mass is 443 g/mol. The van der Waals surface area contributed by atoms with E-state index in [4.69, 9.17) is 0 Å². The van der Waals surface area contributed by atoms with Gasteiger partial charge in [-0.1, -0.05) is 18.2 Å². The van der Waals surface area contributed by atoms with Crippen LogP contribution in [-0.2, 0) is 5.60 Å². The standard InChI is InChI=1S/C25H31F2N3O2/c26-20-3-1-18(2-4-20)23-16-25(31,24-15-21(27)5-6-22(23)24)19-7-10-29(11-8-19)12-14-30(32)13-9-28-17-30/h1-6,15,19,23,28,31H,7-14,16-17H2. The third-order valence-corrected chi connectivity index (χ3v) is 7.83. The van der Waals surface area contributed by atoms with Gasteiger partial charge in [-0.15, -0.1) is 0 Å². The van der Waals surface area contributed by atoms with Gasteiger partial charge in [-0.25, -0.2) is 8.78 Å². The number of likely N-dealkylation sites (tertiary alicyclic amines) is 1. The number of quaternary nitrogens is 1. The smallest absolute Gasteiger partial charge is 0.132 e. The van der Waals surface area contributed by atoms with Gasteiger partial charge in [0.15, 0.2) is 0 Å². The Morgan fingerprint density at radius 1 is 1.09 bits per heavy atom. The number of aliphatic hydroxyl groups is 1. The molecule has 5 rings (SSSR count). The SMILES string of the molecule is [O-][N+]1(CCN2CCC(C3(O)CC(c4ccc(F)cc4)c4ccc(F)cc43)CC2)CCNC1. The minimum Gasteiger partial charge on any atom is -0.632 e. The van der Waals surface area contributed by atoms with Crippen LogP contribution in [0.2, 0.25) is 0 Å². The number of benzene rings is 2. The minimum atomic E-state index is -1.10. The molecule has 0 aromatic heterocycles. The van der Waals surface area contributed by atoms with Crippen molar-refractivity contribution in [3.8, 4) is 0 Å². The molecule has 2 aromatic carbocycles. The number of piperidine rings is 1. The molecule has 3 unspecified atom stereocenters. The van der Waals surface area contributed by atoms with Crippen LogP contribution in [0.4, 0.5) is 8.78 Å². The van der Waals surface area contributed by atoms with Gasteiger partial charge in [0.1, 0.15) is 18.3 Å². The lowest BCUT2D eigenvalue weighted by atomic mass is 9.76. The van der Waals surface area contributed by atoms with Crippen LogP contribution in [0.1, 0.15) is 41.9 Å². The third-order valence-electron chi connectivity index (χ3n) is 7.83.